The van der Waals surface area contributed by atoms with E-state index >= 15 is 0 Å². The molecule has 0 spiro atoms. The first-order valence-corrected chi connectivity index (χ1v) is 10.7. The number of anilines is 1. The molecule has 4 rings (SSSR count). The zero-order chi connectivity index (χ0) is 22.0. The molecule has 1 aliphatic heterocycles. The second-order valence-corrected chi connectivity index (χ2v) is 8.28. The van der Waals surface area contributed by atoms with Crippen LogP contribution in [0.5, 0.6) is 0 Å². The standard InChI is InChI=1S/C23H17ClN2O4S/c1-14-2-8-17(9-3-14)26-22(28)19(21(27)25-23(26)29)12-18-10-11-20(30-18)31-13-15-4-6-16(24)7-5-15/h2-12H,13H2,1H3,(H,25,27,29)/b19-12+. The van der Waals surface area contributed by atoms with Crippen molar-refractivity contribution in [2.45, 2.75) is 17.8 Å². The summed E-state index contributed by atoms with van der Waals surface area (Å²) in [4.78, 5) is 38.4. The Morgan fingerprint density at radius 2 is 1.71 bits per heavy atom. The van der Waals surface area contributed by atoms with Gasteiger partial charge >= 0.3 is 6.03 Å². The molecule has 0 aliphatic carbocycles. The molecular formula is C23H17ClN2O4S. The van der Waals surface area contributed by atoms with Crippen LogP contribution >= 0.6 is 23.4 Å². The van der Waals surface area contributed by atoms with Crippen LogP contribution in [0.2, 0.25) is 5.02 Å². The van der Waals surface area contributed by atoms with Crippen molar-refractivity contribution in [2.75, 3.05) is 4.90 Å². The van der Waals surface area contributed by atoms with E-state index in [0.29, 0.717) is 27.3 Å². The normalized spacial score (nSPS) is 15.5. The maximum atomic E-state index is 12.9. The lowest BCUT2D eigenvalue weighted by Gasteiger charge is -2.26. The summed E-state index contributed by atoms with van der Waals surface area (Å²) >= 11 is 7.37. The molecule has 0 bridgehead atoms. The van der Waals surface area contributed by atoms with Crippen molar-refractivity contribution in [1.82, 2.24) is 5.32 Å². The van der Waals surface area contributed by atoms with Crippen molar-refractivity contribution in [3.8, 4) is 0 Å². The predicted octanol–water partition coefficient (Wildman–Crippen LogP) is 5.20. The largest absolute Gasteiger partial charge is 0.450 e. The number of hydrogen-bond acceptors (Lipinski definition) is 5. The number of nitrogens with one attached hydrogen (secondary N) is 1. The lowest BCUT2D eigenvalue weighted by molar-refractivity contribution is -0.122. The van der Waals surface area contributed by atoms with E-state index in [1.165, 1.54) is 17.8 Å². The Hall–Kier alpha value is -3.29. The zero-order valence-corrected chi connectivity index (χ0v) is 18.0. The van der Waals surface area contributed by atoms with Gasteiger partial charge in [0.05, 0.1) is 5.69 Å². The Balaban J connectivity index is 1.52. The van der Waals surface area contributed by atoms with Crippen LogP contribution in [0.4, 0.5) is 10.5 Å². The average molecular weight is 453 g/mol. The van der Waals surface area contributed by atoms with Crippen LogP contribution in [0.1, 0.15) is 16.9 Å². The SMILES string of the molecule is Cc1ccc(N2C(=O)NC(=O)/C(=C\c3ccc(SCc4ccc(Cl)cc4)o3)C2=O)cc1. The Labute approximate surface area is 187 Å². The number of urea groups is 1. The molecule has 0 atom stereocenters. The van der Waals surface area contributed by atoms with Crippen LogP contribution in [-0.2, 0) is 15.3 Å². The zero-order valence-electron chi connectivity index (χ0n) is 16.4. The maximum Gasteiger partial charge on any atom is 0.335 e. The predicted molar refractivity (Wildman–Crippen MR) is 120 cm³/mol. The van der Waals surface area contributed by atoms with E-state index in [2.05, 4.69) is 5.32 Å². The van der Waals surface area contributed by atoms with Gasteiger partial charge in [-0.25, -0.2) is 9.69 Å². The summed E-state index contributed by atoms with van der Waals surface area (Å²) in [5.41, 5.74) is 2.27. The quantitative estimate of drug-likeness (QED) is 0.327. The third-order valence-corrected chi connectivity index (χ3v) is 5.81. The molecule has 2 heterocycles. The second kappa shape index (κ2) is 8.83. The molecule has 6 nitrogen and oxygen atoms in total. The highest BCUT2D eigenvalue weighted by Gasteiger charge is 2.37. The number of nitrogens with zero attached hydrogens (tertiary/aromatic N) is 1. The van der Waals surface area contributed by atoms with E-state index in [1.807, 2.05) is 31.2 Å². The lowest BCUT2D eigenvalue weighted by atomic mass is 10.1. The van der Waals surface area contributed by atoms with E-state index in [1.54, 1.807) is 36.4 Å². The maximum absolute atomic E-state index is 12.9. The highest BCUT2D eigenvalue weighted by atomic mass is 35.5. The molecule has 3 aromatic rings. The minimum atomic E-state index is -0.783. The Bertz CT molecular complexity index is 1180. The summed E-state index contributed by atoms with van der Waals surface area (Å²) in [6.45, 7) is 1.90. The number of carbonyl (C=O) groups is 3. The van der Waals surface area contributed by atoms with Crippen LogP contribution in [0.25, 0.3) is 6.08 Å². The molecule has 1 saturated heterocycles. The van der Waals surface area contributed by atoms with E-state index in [9.17, 15) is 14.4 Å². The molecule has 8 heteroatoms. The smallest absolute Gasteiger partial charge is 0.335 e. The number of halogens is 1. The van der Waals surface area contributed by atoms with Crippen molar-refractivity contribution in [2.24, 2.45) is 0 Å². The number of thioether (sulfide) groups is 1. The molecule has 1 aliphatic rings. The van der Waals surface area contributed by atoms with Crippen LogP contribution < -0.4 is 10.2 Å². The first kappa shape index (κ1) is 21.0. The number of barbiturate groups is 1. The van der Waals surface area contributed by atoms with E-state index in [0.717, 1.165) is 16.0 Å². The van der Waals surface area contributed by atoms with Gasteiger partial charge < -0.3 is 4.42 Å². The van der Waals surface area contributed by atoms with Gasteiger partial charge in [0, 0.05) is 10.8 Å². The molecule has 0 saturated carbocycles. The fraction of sp³-hybridized carbons (Fsp3) is 0.0870. The van der Waals surface area contributed by atoms with Gasteiger partial charge in [0.1, 0.15) is 11.3 Å². The minimum Gasteiger partial charge on any atom is -0.450 e. The van der Waals surface area contributed by atoms with Gasteiger partial charge in [-0.15, -0.1) is 0 Å². The third-order valence-electron chi connectivity index (χ3n) is 4.58. The fourth-order valence-electron chi connectivity index (χ4n) is 2.95. The van der Waals surface area contributed by atoms with Crippen LogP contribution in [0.3, 0.4) is 0 Å². The molecule has 1 aromatic heterocycles. The van der Waals surface area contributed by atoms with Gasteiger partial charge in [0.2, 0.25) is 0 Å². The van der Waals surface area contributed by atoms with Gasteiger partial charge in [0.25, 0.3) is 11.8 Å². The number of amides is 4. The number of benzene rings is 2. The van der Waals surface area contributed by atoms with Gasteiger partial charge in [-0.3, -0.25) is 14.9 Å². The van der Waals surface area contributed by atoms with Crippen LogP contribution in [0, 0.1) is 6.92 Å². The number of rotatable bonds is 5. The number of imide groups is 2. The molecule has 1 fully saturated rings. The first-order chi connectivity index (χ1) is 14.9. The van der Waals surface area contributed by atoms with E-state index in [4.69, 9.17) is 16.0 Å². The number of hydrogen-bond donors (Lipinski definition) is 1. The summed E-state index contributed by atoms with van der Waals surface area (Å²) in [7, 11) is 0. The molecule has 2 aromatic carbocycles. The average Bonchev–Trinajstić information content (AvgIpc) is 3.19. The Kier molecular flexibility index (Phi) is 5.97. The summed E-state index contributed by atoms with van der Waals surface area (Å²) in [5.74, 6) is -0.444. The van der Waals surface area contributed by atoms with Crippen molar-refractivity contribution < 1.29 is 18.8 Å². The van der Waals surface area contributed by atoms with Crippen molar-refractivity contribution in [3.63, 3.8) is 0 Å². The highest BCUT2D eigenvalue weighted by Crippen LogP contribution is 2.28. The van der Waals surface area contributed by atoms with Gasteiger partial charge in [-0.2, -0.15) is 0 Å². The third kappa shape index (κ3) is 4.73. The summed E-state index contributed by atoms with van der Waals surface area (Å²) in [6.07, 6.45) is 1.34. The van der Waals surface area contributed by atoms with Crippen molar-refractivity contribution in [1.29, 1.82) is 0 Å². The summed E-state index contributed by atoms with van der Waals surface area (Å²) in [6, 6.07) is 17.0. The fourth-order valence-corrected chi connectivity index (χ4v) is 3.90. The molecule has 0 unspecified atom stereocenters. The molecule has 4 amide bonds. The highest BCUT2D eigenvalue weighted by molar-refractivity contribution is 7.98. The summed E-state index contributed by atoms with van der Waals surface area (Å²) < 4.78 is 5.74. The van der Waals surface area contributed by atoms with Crippen molar-refractivity contribution >= 4 is 53.0 Å². The number of carbonyl (C=O) groups excluding carboxylic acids is 3. The van der Waals surface area contributed by atoms with Gasteiger partial charge in [-0.05, 0) is 55.0 Å². The first-order valence-electron chi connectivity index (χ1n) is 9.36. The minimum absolute atomic E-state index is 0.177. The topological polar surface area (TPSA) is 79.6 Å². The van der Waals surface area contributed by atoms with Gasteiger partial charge in [-0.1, -0.05) is 53.2 Å². The van der Waals surface area contributed by atoms with E-state index < -0.39 is 17.8 Å². The number of aryl methyl sites for hydroxylation is 1. The van der Waals surface area contributed by atoms with Gasteiger partial charge in [0.15, 0.2) is 5.09 Å². The summed E-state index contributed by atoms with van der Waals surface area (Å²) in [5, 5.41) is 3.51. The molecule has 0 radical (unpaired) electrons. The second-order valence-electron chi connectivity index (χ2n) is 6.87. The Morgan fingerprint density at radius 1 is 1.00 bits per heavy atom. The molecule has 1 N–H and O–H groups in total. The molecular weight excluding hydrogens is 436 g/mol. The molecule has 31 heavy (non-hydrogen) atoms. The van der Waals surface area contributed by atoms with Crippen molar-refractivity contribution in [3.05, 3.63) is 88.1 Å². The Morgan fingerprint density at radius 3 is 2.42 bits per heavy atom. The van der Waals surface area contributed by atoms with E-state index in [-0.39, 0.29) is 5.57 Å². The number of furan rings is 1. The van der Waals surface area contributed by atoms with Crippen LogP contribution in [-0.4, -0.2) is 17.8 Å². The monoisotopic (exact) mass is 452 g/mol. The lowest BCUT2D eigenvalue weighted by Crippen LogP contribution is -2.54. The van der Waals surface area contributed by atoms with Crippen LogP contribution in [0.15, 0.2) is 75.7 Å². The molecule has 156 valence electrons.